The van der Waals surface area contributed by atoms with Crippen LogP contribution in [0.2, 0.25) is 0 Å². The number of urea groups is 1. The predicted octanol–water partition coefficient (Wildman–Crippen LogP) is 8.50. The number of carbonyl (C=O) groups is 4. The summed E-state index contributed by atoms with van der Waals surface area (Å²) in [5.41, 5.74) is 5.14. The van der Waals surface area contributed by atoms with Crippen molar-refractivity contribution in [3.05, 3.63) is 132 Å². The molecule has 0 saturated carbocycles. The number of hydrogen-bond acceptors (Lipinski definition) is 8. The molecule has 51 heavy (non-hydrogen) atoms. The summed E-state index contributed by atoms with van der Waals surface area (Å²) in [4.78, 5) is 47.9. The lowest BCUT2D eigenvalue weighted by atomic mass is 10.0. The van der Waals surface area contributed by atoms with Crippen molar-refractivity contribution in [2.75, 3.05) is 34.9 Å². The van der Waals surface area contributed by atoms with Crippen molar-refractivity contribution in [2.24, 2.45) is 5.92 Å². The monoisotopic (exact) mass is 686 g/mol. The van der Waals surface area contributed by atoms with Gasteiger partial charge in [-0.05, 0) is 102 Å². The number of ether oxygens (including phenoxy) is 3. The van der Waals surface area contributed by atoms with Crippen LogP contribution in [0, 0.1) is 5.92 Å². The molecule has 0 aliphatic rings. The van der Waals surface area contributed by atoms with Crippen molar-refractivity contribution in [2.45, 2.75) is 20.3 Å². The first-order valence-corrected chi connectivity index (χ1v) is 16.2. The van der Waals surface area contributed by atoms with E-state index in [9.17, 15) is 19.2 Å². The number of rotatable bonds is 14. The molecule has 4 N–H and O–H groups in total. The van der Waals surface area contributed by atoms with Crippen molar-refractivity contribution in [1.29, 1.82) is 0 Å². The number of hydrogen-bond donors (Lipinski definition) is 4. The molecule has 11 heteroatoms. The Hall–Kier alpha value is -6.62. The molecule has 0 bridgehead atoms. The standard InChI is InChI=1S/C40H38N4O7/c1-26(2)38(46)42-31-8-4-27(5-9-31)22-28-6-10-32(11-7-28)43-40(48)44-33-14-18-35(19-15-33)51-37-24-29(39(47)49-21-20-45)23-36(25-37)50-34-16-12-30(41-3)13-17-34/h4-20,23-26,41H,21-22H2,1-3H3,(H,42,46)(H2,43,44,48). The Morgan fingerprint density at radius 1 is 0.608 bits per heavy atom. The summed E-state index contributed by atoms with van der Waals surface area (Å²) in [6, 6.07) is 33.5. The van der Waals surface area contributed by atoms with E-state index in [4.69, 9.17) is 14.2 Å². The molecule has 260 valence electrons. The number of amides is 3. The minimum Gasteiger partial charge on any atom is -0.457 e. The summed E-state index contributed by atoms with van der Waals surface area (Å²) >= 11 is 0. The van der Waals surface area contributed by atoms with Crippen molar-refractivity contribution in [1.82, 2.24) is 0 Å². The number of aldehydes is 1. The average Bonchev–Trinajstić information content (AvgIpc) is 3.13. The summed E-state index contributed by atoms with van der Waals surface area (Å²) in [6.45, 7) is 3.32. The van der Waals surface area contributed by atoms with Crippen LogP contribution >= 0.6 is 0 Å². The largest absolute Gasteiger partial charge is 0.457 e. The summed E-state index contributed by atoms with van der Waals surface area (Å²) in [5, 5.41) is 11.6. The second-order valence-corrected chi connectivity index (χ2v) is 11.8. The molecule has 11 nitrogen and oxygen atoms in total. The van der Waals surface area contributed by atoms with Gasteiger partial charge in [-0.1, -0.05) is 38.1 Å². The number of esters is 1. The van der Waals surface area contributed by atoms with Crippen molar-refractivity contribution >= 4 is 46.9 Å². The smallest absolute Gasteiger partial charge is 0.338 e. The molecule has 0 fully saturated rings. The van der Waals surface area contributed by atoms with Gasteiger partial charge in [-0.25, -0.2) is 9.59 Å². The fourth-order valence-electron chi connectivity index (χ4n) is 4.80. The van der Waals surface area contributed by atoms with Crippen LogP contribution in [0.4, 0.5) is 27.5 Å². The SMILES string of the molecule is CNc1ccc(Oc2cc(Oc3ccc(NC(=O)Nc4ccc(Cc5ccc(NC(=O)C(C)C)cc5)cc4)cc3)cc(C(=O)OCC=O)c2)cc1. The Bertz CT molecular complexity index is 1960. The van der Waals surface area contributed by atoms with Crippen LogP contribution < -0.4 is 30.7 Å². The molecule has 0 atom stereocenters. The fourth-order valence-corrected chi connectivity index (χ4v) is 4.80. The van der Waals surface area contributed by atoms with Crippen molar-refractivity contribution in [3.8, 4) is 23.0 Å². The summed E-state index contributed by atoms with van der Waals surface area (Å²) in [7, 11) is 1.81. The second kappa shape index (κ2) is 17.2. The highest BCUT2D eigenvalue weighted by atomic mass is 16.5. The molecule has 0 radical (unpaired) electrons. The predicted molar refractivity (Wildman–Crippen MR) is 197 cm³/mol. The van der Waals surface area contributed by atoms with Gasteiger partial charge in [-0.15, -0.1) is 0 Å². The Morgan fingerprint density at radius 2 is 1.06 bits per heavy atom. The van der Waals surface area contributed by atoms with Crippen LogP contribution in [0.15, 0.2) is 115 Å². The lowest BCUT2D eigenvalue weighted by Gasteiger charge is -2.13. The van der Waals surface area contributed by atoms with Gasteiger partial charge in [0.15, 0.2) is 6.29 Å². The van der Waals surface area contributed by atoms with E-state index in [0.29, 0.717) is 47.1 Å². The highest BCUT2D eigenvalue weighted by Crippen LogP contribution is 2.32. The topological polar surface area (TPSA) is 144 Å². The van der Waals surface area contributed by atoms with E-state index < -0.39 is 12.0 Å². The zero-order chi connectivity index (χ0) is 36.2. The lowest BCUT2D eigenvalue weighted by Crippen LogP contribution is -2.19. The Balaban J connectivity index is 1.16. The van der Waals surface area contributed by atoms with Crippen LogP contribution in [0.1, 0.15) is 35.3 Å². The maximum absolute atomic E-state index is 12.7. The van der Waals surface area contributed by atoms with E-state index in [1.165, 1.54) is 12.1 Å². The van der Waals surface area contributed by atoms with Gasteiger partial charge in [0.05, 0.1) is 5.56 Å². The lowest BCUT2D eigenvalue weighted by molar-refractivity contribution is -0.118. The molecule has 0 aliphatic heterocycles. The first kappa shape index (κ1) is 35.7. The molecular weight excluding hydrogens is 648 g/mol. The van der Waals surface area contributed by atoms with Gasteiger partial charge in [0, 0.05) is 41.8 Å². The molecule has 5 aromatic carbocycles. The average molecular weight is 687 g/mol. The van der Waals surface area contributed by atoms with E-state index in [2.05, 4.69) is 21.3 Å². The zero-order valence-electron chi connectivity index (χ0n) is 28.4. The Kier molecular flexibility index (Phi) is 12.0. The van der Waals surface area contributed by atoms with Crippen LogP contribution in [-0.4, -0.2) is 37.8 Å². The molecule has 0 heterocycles. The highest BCUT2D eigenvalue weighted by Gasteiger charge is 2.14. The highest BCUT2D eigenvalue weighted by molar-refractivity contribution is 5.99. The number of anilines is 4. The number of nitrogens with one attached hydrogen (secondary N) is 4. The fraction of sp³-hybridized carbons (Fsp3) is 0.150. The van der Waals surface area contributed by atoms with Crippen LogP contribution in [0.25, 0.3) is 0 Å². The van der Waals surface area contributed by atoms with Gasteiger partial charge < -0.3 is 35.5 Å². The second-order valence-electron chi connectivity index (χ2n) is 11.8. The summed E-state index contributed by atoms with van der Waals surface area (Å²) in [5.74, 6) is 0.790. The van der Waals surface area contributed by atoms with Crippen molar-refractivity contribution < 1.29 is 33.4 Å². The third-order valence-electron chi connectivity index (χ3n) is 7.49. The molecule has 0 aromatic heterocycles. The third kappa shape index (κ3) is 10.7. The third-order valence-corrected chi connectivity index (χ3v) is 7.49. The first-order chi connectivity index (χ1) is 24.7. The number of benzene rings is 5. The summed E-state index contributed by atoms with van der Waals surface area (Å²) < 4.78 is 17.0. The Labute approximate surface area is 295 Å². The molecule has 3 amide bonds. The Morgan fingerprint density at radius 3 is 1.51 bits per heavy atom. The minimum atomic E-state index is -0.706. The summed E-state index contributed by atoms with van der Waals surface area (Å²) in [6.07, 6.45) is 1.19. The van der Waals surface area contributed by atoms with Gasteiger partial charge in [0.1, 0.15) is 29.6 Å². The van der Waals surface area contributed by atoms with Crippen molar-refractivity contribution in [3.63, 3.8) is 0 Å². The van der Waals surface area contributed by atoms with E-state index in [0.717, 1.165) is 22.5 Å². The number of carbonyl (C=O) groups excluding carboxylic acids is 4. The maximum atomic E-state index is 12.7. The zero-order valence-corrected chi connectivity index (χ0v) is 28.4. The van der Waals surface area contributed by atoms with Gasteiger partial charge in [0.2, 0.25) is 5.91 Å². The van der Waals surface area contributed by atoms with E-state index in [1.807, 2.05) is 81.6 Å². The van der Waals surface area contributed by atoms with Crippen LogP contribution in [0.3, 0.4) is 0 Å². The molecular formula is C40H38N4O7. The van der Waals surface area contributed by atoms with Gasteiger partial charge in [-0.2, -0.15) is 0 Å². The first-order valence-electron chi connectivity index (χ1n) is 16.2. The normalized spacial score (nSPS) is 10.5. The van der Waals surface area contributed by atoms with Crippen LogP contribution in [-0.2, 0) is 20.7 Å². The molecule has 0 aliphatic carbocycles. The van der Waals surface area contributed by atoms with E-state index in [-0.39, 0.29) is 24.0 Å². The van der Waals surface area contributed by atoms with Gasteiger partial charge in [0.25, 0.3) is 0 Å². The van der Waals surface area contributed by atoms with Crippen LogP contribution in [0.5, 0.6) is 23.0 Å². The van der Waals surface area contributed by atoms with E-state index in [1.54, 1.807) is 42.5 Å². The molecule has 5 rings (SSSR count). The maximum Gasteiger partial charge on any atom is 0.338 e. The minimum absolute atomic E-state index is 0.0219. The molecule has 0 saturated heterocycles. The molecule has 0 spiro atoms. The molecule has 5 aromatic rings. The van der Waals surface area contributed by atoms with E-state index >= 15 is 0 Å². The van der Waals surface area contributed by atoms with Gasteiger partial charge >= 0.3 is 12.0 Å². The quantitative estimate of drug-likeness (QED) is 0.0673. The molecule has 0 unspecified atom stereocenters. The van der Waals surface area contributed by atoms with Gasteiger partial charge in [-0.3, -0.25) is 9.59 Å².